The fourth-order valence-electron chi connectivity index (χ4n) is 1.84. The minimum atomic E-state index is -1.57. The zero-order valence-corrected chi connectivity index (χ0v) is 9.75. The summed E-state index contributed by atoms with van der Waals surface area (Å²) in [6.45, 7) is 2.69. The van der Waals surface area contributed by atoms with E-state index in [9.17, 15) is 14.6 Å². The molecule has 0 fully saturated rings. The number of hydrogen-bond acceptors (Lipinski definition) is 4. The number of amidine groups is 1. The first-order valence-corrected chi connectivity index (χ1v) is 4.86. The quantitative estimate of drug-likeness (QED) is 0.368. The minimum absolute atomic E-state index is 0.202. The van der Waals surface area contributed by atoms with Crippen LogP contribution in [0.4, 0.5) is 0 Å². The van der Waals surface area contributed by atoms with Crippen molar-refractivity contribution in [3.05, 3.63) is 9.81 Å². The van der Waals surface area contributed by atoms with Crippen LogP contribution >= 0.6 is 0 Å². The van der Waals surface area contributed by atoms with Crippen LogP contribution in [0.2, 0.25) is 0 Å². The Balaban J connectivity index is 3.12. The Hall–Kier alpha value is -2.46. The first-order valence-electron chi connectivity index (χ1n) is 4.86. The van der Waals surface area contributed by atoms with Crippen molar-refractivity contribution in [2.75, 3.05) is 0 Å². The van der Waals surface area contributed by atoms with E-state index in [1.54, 1.807) is 0 Å². The molecule has 1 rings (SSSR count). The fourth-order valence-corrected chi connectivity index (χ4v) is 1.84. The maximum absolute atomic E-state index is 11.6. The highest BCUT2D eigenvalue weighted by molar-refractivity contribution is 6.05. The summed E-state index contributed by atoms with van der Waals surface area (Å²) in [6.07, 6.45) is -0.202. The number of rotatable bonds is 4. The van der Waals surface area contributed by atoms with Gasteiger partial charge >= 0.3 is 10.1 Å². The molecule has 1 aliphatic heterocycles. The highest BCUT2D eigenvalue weighted by atomic mass is 16.7. The van der Waals surface area contributed by atoms with Gasteiger partial charge in [0, 0.05) is 6.42 Å². The predicted octanol–water partition coefficient (Wildman–Crippen LogP) is -1.86. The van der Waals surface area contributed by atoms with Gasteiger partial charge in [-0.05, 0) is 13.8 Å². The Morgan fingerprint density at radius 3 is 2.11 bits per heavy atom. The molecule has 11 nitrogen and oxygen atoms in total. The molecule has 11 heteroatoms. The Morgan fingerprint density at radius 2 is 1.67 bits per heavy atom. The average molecular weight is 262 g/mol. The van der Waals surface area contributed by atoms with Gasteiger partial charge in [0.1, 0.15) is 15.6 Å². The van der Waals surface area contributed by atoms with E-state index in [4.69, 9.17) is 16.1 Å². The van der Waals surface area contributed by atoms with Crippen molar-refractivity contribution < 1.29 is 25.3 Å². The third-order valence-electron chi connectivity index (χ3n) is 2.65. The van der Waals surface area contributed by atoms with E-state index < -0.39 is 27.0 Å². The highest BCUT2D eigenvalue weighted by Crippen LogP contribution is 2.27. The van der Waals surface area contributed by atoms with E-state index in [0.29, 0.717) is 0 Å². The molecule has 2 unspecified atom stereocenters. The maximum Gasteiger partial charge on any atom is 0.355 e. The highest BCUT2D eigenvalue weighted by Gasteiger charge is 2.53. The maximum atomic E-state index is 11.6. The second kappa shape index (κ2) is 4.09. The lowest BCUT2D eigenvalue weighted by molar-refractivity contribution is -0.841. The molecule has 1 amide bonds. The first-order chi connectivity index (χ1) is 8.09. The molecule has 0 aromatic rings. The Labute approximate surface area is 101 Å². The van der Waals surface area contributed by atoms with Crippen LogP contribution in [0.25, 0.3) is 0 Å². The monoisotopic (exact) mass is 262 g/mol. The van der Waals surface area contributed by atoms with Gasteiger partial charge in [0.15, 0.2) is 11.1 Å². The van der Waals surface area contributed by atoms with E-state index in [1.807, 2.05) is 10.9 Å². The van der Waals surface area contributed by atoms with Gasteiger partial charge in [0.05, 0.1) is 0 Å². The van der Waals surface area contributed by atoms with Crippen LogP contribution in [0.15, 0.2) is 4.99 Å². The van der Waals surface area contributed by atoms with E-state index in [0.717, 1.165) is 0 Å². The van der Waals surface area contributed by atoms with Gasteiger partial charge in [-0.15, -0.1) is 0 Å². The summed E-state index contributed by atoms with van der Waals surface area (Å²) in [7, 11) is 0. The second-order valence-electron chi connectivity index (χ2n) is 4.41. The van der Waals surface area contributed by atoms with Gasteiger partial charge in [-0.2, -0.15) is 4.99 Å². The normalized spacial score (nSPS) is 31.4. The number of hydrogen-bond donors (Lipinski definition) is 5. The van der Waals surface area contributed by atoms with Crippen LogP contribution in [0.1, 0.15) is 20.3 Å². The van der Waals surface area contributed by atoms with Gasteiger partial charge in [-0.1, -0.05) is 10.9 Å². The standard InChI is InChI=1S/C7H13N6O5/c1-6(10-12(15)16)3-7(2,11-13(17)18)5(14)9-4(6)8/h10-11H,3H2,1-2H3,(H3-,8,9,14,15,16,17,18)/q+1/p+1. The molecule has 100 valence electrons. The number of aliphatic imine (C=N–C) groups is 1. The van der Waals surface area contributed by atoms with E-state index in [-0.39, 0.29) is 12.3 Å². The number of nitrogens with one attached hydrogen (secondary N) is 2. The third kappa shape index (κ3) is 2.44. The van der Waals surface area contributed by atoms with Gasteiger partial charge in [-0.3, -0.25) is 4.79 Å². The number of carbonyl (C=O) groups excluding carboxylic acids is 1. The molecular weight excluding hydrogens is 248 g/mol. The molecule has 6 N–H and O–H groups in total. The average Bonchev–Trinajstić information content (AvgIpc) is 2.12. The molecule has 0 saturated heterocycles. The molecule has 18 heavy (non-hydrogen) atoms. The van der Waals surface area contributed by atoms with Crippen LogP contribution in [0, 0.1) is 9.81 Å². The summed E-state index contributed by atoms with van der Waals surface area (Å²) in [4.78, 5) is 36.3. The lowest BCUT2D eigenvalue weighted by Crippen LogP contribution is -2.67. The largest absolute Gasteiger partial charge is 0.385 e. The van der Waals surface area contributed by atoms with Crippen LogP contribution in [-0.4, -0.2) is 43.3 Å². The van der Waals surface area contributed by atoms with Crippen molar-refractivity contribution in [1.29, 1.82) is 0 Å². The lowest BCUT2D eigenvalue weighted by atomic mass is 9.81. The fraction of sp³-hybridized carbons (Fsp3) is 0.714. The zero-order valence-electron chi connectivity index (χ0n) is 9.75. The number of amides is 1. The van der Waals surface area contributed by atoms with E-state index in [2.05, 4.69) is 4.99 Å². The molecular formula is C7H14N6O5+2. The van der Waals surface area contributed by atoms with Crippen molar-refractivity contribution in [3.63, 3.8) is 0 Å². The van der Waals surface area contributed by atoms with E-state index in [1.165, 1.54) is 13.8 Å². The van der Waals surface area contributed by atoms with Crippen molar-refractivity contribution in [1.82, 2.24) is 10.9 Å². The summed E-state index contributed by atoms with van der Waals surface area (Å²) in [5.74, 6) is -1.01. The molecule has 0 aliphatic carbocycles. The molecule has 0 aromatic carbocycles. The smallest absolute Gasteiger partial charge is 0.355 e. The molecule has 0 aromatic heterocycles. The number of hydrazine groups is 2. The molecule has 2 atom stereocenters. The Bertz CT molecular complexity index is 450. The number of nitrogens with two attached hydrogens (primary N) is 1. The van der Waals surface area contributed by atoms with Gasteiger partial charge in [0.25, 0.3) is 5.91 Å². The summed E-state index contributed by atoms with van der Waals surface area (Å²) >= 11 is 0. The minimum Gasteiger partial charge on any atom is -0.385 e. The topological polar surface area (TPSA) is 160 Å². The molecule has 0 saturated carbocycles. The third-order valence-corrected chi connectivity index (χ3v) is 2.65. The molecule has 1 aliphatic rings. The molecule has 0 bridgehead atoms. The van der Waals surface area contributed by atoms with Crippen LogP contribution in [0.5, 0.6) is 0 Å². The van der Waals surface area contributed by atoms with Crippen LogP contribution < -0.4 is 16.6 Å². The van der Waals surface area contributed by atoms with Crippen LogP contribution in [0.3, 0.4) is 0 Å². The first kappa shape index (κ1) is 13.6. The van der Waals surface area contributed by atoms with Crippen molar-refractivity contribution in [2.24, 2.45) is 10.7 Å². The lowest BCUT2D eigenvalue weighted by Gasteiger charge is -2.34. The molecule has 1 heterocycles. The zero-order chi connectivity index (χ0) is 14.1. The van der Waals surface area contributed by atoms with Gasteiger partial charge in [-0.25, -0.2) is 10.4 Å². The molecule has 0 spiro atoms. The summed E-state index contributed by atoms with van der Waals surface area (Å²) < 4.78 is 0. The van der Waals surface area contributed by atoms with Gasteiger partial charge < -0.3 is 5.73 Å². The van der Waals surface area contributed by atoms with Crippen molar-refractivity contribution in [3.8, 4) is 0 Å². The Kier molecular flexibility index (Phi) is 3.09. The van der Waals surface area contributed by atoms with Crippen LogP contribution in [-0.2, 0) is 4.79 Å². The molecule has 0 radical (unpaired) electrons. The summed E-state index contributed by atoms with van der Waals surface area (Å²) in [5, 5.41) is 16.0. The Morgan fingerprint density at radius 1 is 1.22 bits per heavy atom. The van der Waals surface area contributed by atoms with E-state index >= 15 is 0 Å². The number of nitrogens with zero attached hydrogens (tertiary/aromatic N) is 3. The van der Waals surface area contributed by atoms with Crippen molar-refractivity contribution >= 4 is 11.7 Å². The van der Waals surface area contributed by atoms with Crippen molar-refractivity contribution in [2.45, 2.75) is 31.3 Å². The predicted molar refractivity (Wildman–Crippen MR) is 55.2 cm³/mol. The van der Waals surface area contributed by atoms with Gasteiger partial charge in [0.2, 0.25) is 0 Å². The summed E-state index contributed by atoms with van der Waals surface area (Å²) in [5.41, 5.74) is 6.56. The number of carbonyl (C=O) groups is 1. The second-order valence-corrected chi connectivity index (χ2v) is 4.41. The SMILES string of the molecule is CC1(N[N+](=O)O)CC(C)(N[N+](=O)O)C(N)=NC1=O. The summed E-state index contributed by atoms with van der Waals surface area (Å²) in [6, 6.07) is 0.